The van der Waals surface area contributed by atoms with Crippen molar-refractivity contribution in [3.05, 3.63) is 33.8 Å². The number of benzene rings is 1. The van der Waals surface area contributed by atoms with Crippen LogP contribution in [0, 0.1) is 5.92 Å². The Bertz CT molecular complexity index is 363. The maximum atomic E-state index is 6.02. The molecule has 0 aromatic heterocycles. The van der Waals surface area contributed by atoms with E-state index < -0.39 is 0 Å². The lowest BCUT2D eigenvalue weighted by Crippen LogP contribution is -2.24. The minimum Gasteiger partial charge on any atom is -0.373 e. The third-order valence-electron chi connectivity index (χ3n) is 3.08. The van der Waals surface area contributed by atoms with Crippen LogP contribution in [-0.4, -0.2) is 19.7 Å². The van der Waals surface area contributed by atoms with E-state index in [9.17, 15) is 0 Å². The fraction of sp³-hybridized carbons (Fsp3) is 0.538. The van der Waals surface area contributed by atoms with Gasteiger partial charge >= 0.3 is 0 Å². The van der Waals surface area contributed by atoms with Gasteiger partial charge in [0.05, 0.1) is 6.10 Å². The van der Waals surface area contributed by atoms with E-state index >= 15 is 0 Å². The summed E-state index contributed by atoms with van der Waals surface area (Å²) in [4.78, 5) is 0. The summed E-state index contributed by atoms with van der Waals surface area (Å²) < 4.78 is 5.80. The lowest BCUT2D eigenvalue weighted by molar-refractivity contribution is 0.0907. The molecular weight excluding hydrogens is 257 g/mol. The van der Waals surface area contributed by atoms with E-state index in [0.29, 0.717) is 16.0 Å². The number of nitrogens with one attached hydrogen (secondary N) is 1. The van der Waals surface area contributed by atoms with Crippen molar-refractivity contribution in [3.63, 3.8) is 0 Å². The molecule has 4 heteroatoms. The Labute approximate surface area is 112 Å². The van der Waals surface area contributed by atoms with Gasteiger partial charge in [0.15, 0.2) is 0 Å². The fourth-order valence-corrected chi connectivity index (χ4v) is 2.82. The molecule has 2 atom stereocenters. The summed E-state index contributed by atoms with van der Waals surface area (Å²) in [5.41, 5.74) is 1.09. The molecule has 0 radical (unpaired) electrons. The SMILES string of the molecule is CCNCC1CCOC1c1cc(Cl)cc(Cl)c1. The molecule has 2 rings (SSSR count). The van der Waals surface area contributed by atoms with Crippen LogP contribution in [0.5, 0.6) is 0 Å². The molecule has 0 spiro atoms. The van der Waals surface area contributed by atoms with E-state index in [4.69, 9.17) is 27.9 Å². The van der Waals surface area contributed by atoms with Gasteiger partial charge in [0, 0.05) is 29.1 Å². The molecule has 1 saturated heterocycles. The zero-order valence-corrected chi connectivity index (χ0v) is 11.4. The smallest absolute Gasteiger partial charge is 0.0867 e. The van der Waals surface area contributed by atoms with E-state index in [2.05, 4.69) is 12.2 Å². The van der Waals surface area contributed by atoms with Crippen molar-refractivity contribution in [1.82, 2.24) is 5.32 Å². The van der Waals surface area contributed by atoms with Gasteiger partial charge < -0.3 is 10.1 Å². The molecule has 17 heavy (non-hydrogen) atoms. The largest absolute Gasteiger partial charge is 0.373 e. The highest BCUT2D eigenvalue weighted by atomic mass is 35.5. The van der Waals surface area contributed by atoms with Gasteiger partial charge in [-0.3, -0.25) is 0 Å². The van der Waals surface area contributed by atoms with Crippen molar-refractivity contribution < 1.29 is 4.74 Å². The molecule has 94 valence electrons. The second kappa shape index (κ2) is 6.05. The van der Waals surface area contributed by atoms with Gasteiger partial charge in [-0.05, 0) is 36.7 Å². The maximum Gasteiger partial charge on any atom is 0.0867 e. The molecular formula is C13H17Cl2NO. The Kier molecular flexibility index (Phi) is 4.69. The lowest BCUT2D eigenvalue weighted by Gasteiger charge is -2.19. The molecule has 0 aliphatic carbocycles. The van der Waals surface area contributed by atoms with Crippen LogP contribution < -0.4 is 5.32 Å². The summed E-state index contributed by atoms with van der Waals surface area (Å²) in [6.07, 6.45) is 1.20. The van der Waals surface area contributed by atoms with Gasteiger partial charge in [-0.1, -0.05) is 30.1 Å². The van der Waals surface area contributed by atoms with Crippen LogP contribution in [0.25, 0.3) is 0 Å². The lowest BCUT2D eigenvalue weighted by atomic mass is 9.95. The summed E-state index contributed by atoms with van der Waals surface area (Å²) >= 11 is 12.0. The number of halogens is 2. The van der Waals surface area contributed by atoms with Crippen molar-refractivity contribution in [2.45, 2.75) is 19.4 Å². The topological polar surface area (TPSA) is 21.3 Å². The first-order valence-electron chi connectivity index (χ1n) is 5.99. The predicted octanol–water partition coefficient (Wildman–Crippen LogP) is 3.68. The van der Waals surface area contributed by atoms with Crippen LogP contribution in [0.4, 0.5) is 0 Å². The van der Waals surface area contributed by atoms with Crippen molar-refractivity contribution in [1.29, 1.82) is 0 Å². The fourth-order valence-electron chi connectivity index (χ4n) is 2.28. The number of hydrogen-bond acceptors (Lipinski definition) is 2. The van der Waals surface area contributed by atoms with Crippen LogP contribution in [0.2, 0.25) is 10.0 Å². The quantitative estimate of drug-likeness (QED) is 0.904. The molecule has 1 heterocycles. The van der Waals surface area contributed by atoms with E-state index in [0.717, 1.165) is 31.7 Å². The van der Waals surface area contributed by atoms with Crippen molar-refractivity contribution >= 4 is 23.2 Å². The van der Waals surface area contributed by atoms with Crippen LogP contribution in [0.1, 0.15) is 25.0 Å². The molecule has 1 aromatic carbocycles. The third kappa shape index (κ3) is 3.35. The van der Waals surface area contributed by atoms with E-state index in [1.54, 1.807) is 6.07 Å². The zero-order chi connectivity index (χ0) is 12.3. The summed E-state index contributed by atoms with van der Waals surface area (Å²) in [6.45, 7) is 4.89. The number of hydrogen-bond donors (Lipinski definition) is 1. The summed E-state index contributed by atoms with van der Waals surface area (Å²) in [7, 11) is 0. The zero-order valence-electron chi connectivity index (χ0n) is 9.88. The predicted molar refractivity (Wildman–Crippen MR) is 71.8 cm³/mol. The van der Waals surface area contributed by atoms with E-state index in [1.165, 1.54) is 0 Å². The van der Waals surface area contributed by atoms with Gasteiger partial charge in [-0.2, -0.15) is 0 Å². The highest BCUT2D eigenvalue weighted by Crippen LogP contribution is 2.36. The molecule has 1 N–H and O–H groups in total. The Morgan fingerprint density at radius 1 is 1.29 bits per heavy atom. The molecule has 1 aromatic rings. The first-order valence-corrected chi connectivity index (χ1v) is 6.74. The van der Waals surface area contributed by atoms with Crippen LogP contribution in [-0.2, 0) is 4.74 Å². The Morgan fingerprint density at radius 3 is 2.65 bits per heavy atom. The van der Waals surface area contributed by atoms with Crippen LogP contribution in [0.3, 0.4) is 0 Å². The molecule has 1 aliphatic heterocycles. The first-order chi connectivity index (χ1) is 8.20. The molecule has 0 saturated carbocycles. The second-order valence-electron chi connectivity index (χ2n) is 4.35. The number of rotatable bonds is 4. The van der Waals surface area contributed by atoms with Gasteiger partial charge in [-0.15, -0.1) is 0 Å². The Morgan fingerprint density at radius 2 is 2.00 bits per heavy atom. The molecule has 0 amide bonds. The Hall–Kier alpha value is -0.280. The van der Waals surface area contributed by atoms with Gasteiger partial charge in [0.1, 0.15) is 0 Å². The van der Waals surface area contributed by atoms with Gasteiger partial charge in [0.2, 0.25) is 0 Å². The second-order valence-corrected chi connectivity index (χ2v) is 5.22. The highest BCUT2D eigenvalue weighted by molar-refractivity contribution is 6.34. The molecule has 1 fully saturated rings. The van der Waals surface area contributed by atoms with Crippen LogP contribution in [0.15, 0.2) is 18.2 Å². The van der Waals surface area contributed by atoms with Crippen molar-refractivity contribution in [2.75, 3.05) is 19.7 Å². The maximum absolute atomic E-state index is 6.02. The minimum absolute atomic E-state index is 0.116. The number of ether oxygens (including phenoxy) is 1. The third-order valence-corrected chi connectivity index (χ3v) is 3.52. The summed E-state index contributed by atoms with van der Waals surface area (Å²) in [5.74, 6) is 0.504. The van der Waals surface area contributed by atoms with Crippen molar-refractivity contribution in [2.24, 2.45) is 5.92 Å². The normalized spacial score (nSPS) is 24.2. The monoisotopic (exact) mass is 273 g/mol. The summed E-state index contributed by atoms with van der Waals surface area (Å²) in [6, 6.07) is 5.64. The molecule has 1 aliphatic rings. The van der Waals surface area contributed by atoms with Gasteiger partial charge in [0.25, 0.3) is 0 Å². The van der Waals surface area contributed by atoms with Crippen molar-refractivity contribution in [3.8, 4) is 0 Å². The van der Waals surface area contributed by atoms with E-state index in [1.807, 2.05) is 12.1 Å². The van der Waals surface area contributed by atoms with Gasteiger partial charge in [-0.25, -0.2) is 0 Å². The minimum atomic E-state index is 0.116. The molecule has 0 bridgehead atoms. The molecule has 2 unspecified atom stereocenters. The van der Waals surface area contributed by atoms with Crippen LogP contribution >= 0.6 is 23.2 Å². The average Bonchev–Trinajstić information content (AvgIpc) is 2.73. The molecule has 2 nitrogen and oxygen atoms in total. The standard InChI is InChI=1S/C13H17Cl2NO/c1-2-16-8-9-3-4-17-13(9)10-5-11(14)7-12(15)6-10/h5-7,9,13,16H,2-4,8H2,1H3. The average molecular weight is 274 g/mol. The summed E-state index contributed by atoms with van der Waals surface area (Å²) in [5, 5.41) is 4.72. The highest BCUT2D eigenvalue weighted by Gasteiger charge is 2.29. The first kappa shape index (κ1) is 13.2. The Balaban J connectivity index is 2.14. The van der Waals surface area contributed by atoms with E-state index in [-0.39, 0.29) is 6.10 Å².